The standard InChI is InChI=1S/C14H14S/c1-10-3-5-12(6-4-10)14-8-7-11(2)9-13(14)15-14/h3-9,13H,1-2H3. The van der Waals surface area contributed by atoms with Gasteiger partial charge in [-0.05, 0) is 19.4 Å². The summed E-state index contributed by atoms with van der Waals surface area (Å²) in [5, 5.41) is 0.671. The van der Waals surface area contributed by atoms with Gasteiger partial charge < -0.3 is 0 Å². The molecular formula is C14H14S. The van der Waals surface area contributed by atoms with Crippen LogP contribution >= 0.6 is 11.8 Å². The number of thioether (sulfide) groups is 1. The Balaban J connectivity index is 1.98. The molecule has 1 aromatic rings. The highest BCUT2D eigenvalue weighted by Crippen LogP contribution is 2.64. The lowest BCUT2D eigenvalue weighted by molar-refractivity contribution is 0.895. The first-order chi connectivity index (χ1) is 7.21. The highest BCUT2D eigenvalue weighted by Gasteiger charge is 2.54. The SMILES string of the molecule is CC1=CC2SC2(c2ccc(C)cc2)C=C1. The van der Waals surface area contributed by atoms with Crippen LogP contribution in [0.15, 0.2) is 48.1 Å². The maximum absolute atomic E-state index is 2.38. The highest BCUT2D eigenvalue weighted by atomic mass is 32.2. The van der Waals surface area contributed by atoms with Gasteiger partial charge in [-0.3, -0.25) is 0 Å². The van der Waals surface area contributed by atoms with Crippen molar-refractivity contribution in [3.8, 4) is 0 Å². The highest BCUT2D eigenvalue weighted by molar-refractivity contribution is 8.08. The van der Waals surface area contributed by atoms with E-state index in [1.807, 2.05) is 11.8 Å². The third kappa shape index (κ3) is 1.37. The minimum Gasteiger partial charge on any atom is -0.135 e. The molecule has 0 amide bonds. The van der Waals surface area contributed by atoms with E-state index in [2.05, 4.69) is 56.3 Å². The fraction of sp³-hybridized carbons (Fsp3) is 0.286. The average Bonchev–Trinajstić information content (AvgIpc) is 2.93. The van der Waals surface area contributed by atoms with Gasteiger partial charge in [-0.2, -0.15) is 0 Å². The van der Waals surface area contributed by atoms with Crippen LogP contribution in [0.5, 0.6) is 0 Å². The van der Waals surface area contributed by atoms with E-state index in [-0.39, 0.29) is 4.75 Å². The van der Waals surface area contributed by atoms with Crippen LogP contribution in [-0.4, -0.2) is 5.25 Å². The molecule has 76 valence electrons. The summed E-state index contributed by atoms with van der Waals surface area (Å²) in [4.78, 5) is 0. The van der Waals surface area contributed by atoms with Gasteiger partial charge in [0.05, 0.1) is 4.75 Å². The fourth-order valence-electron chi connectivity index (χ4n) is 2.16. The molecule has 0 nitrogen and oxygen atoms in total. The second-order valence-electron chi connectivity index (χ2n) is 4.44. The van der Waals surface area contributed by atoms with E-state index >= 15 is 0 Å². The molecule has 2 unspecified atom stereocenters. The van der Waals surface area contributed by atoms with Crippen LogP contribution in [0.25, 0.3) is 0 Å². The second kappa shape index (κ2) is 3.02. The Morgan fingerprint density at radius 2 is 1.87 bits per heavy atom. The van der Waals surface area contributed by atoms with Gasteiger partial charge in [0.1, 0.15) is 0 Å². The van der Waals surface area contributed by atoms with Gasteiger partial charge in [0.2, 0.25) is 0 Å². The Bertz CT molecular complexity index is 453. The Morgan fingerprint density at radius 3 is 2.53 bits per heavy atom. The zero-order chi connectivity index (χ0) is 10.5. The van der Waals surface area contributed by atoms with Crippen molar-refractivity contribution < 1.29 is 0 Å². The molecule has 1 aliphatic heterocycles. The summed E-state index contributed by atoms with van der Waals surface area (Å²) < 4.78 is 0.271. The quantitative estimate of drug-likeness (QED) is 0.640. The first-order valence-electron chi connectivity index (χ1n) is 5.33. The monoisotopic (exact) mass is 214 g/mol. The number of aryl methyl sites for hydroxylation is 1. The Morgan fingerprint density at radius 1 is 1.13 bits per heavy atom. The zero-order valence-corrected chi connectivity index (χ0v) is 9.84. The second-order valence-corrected chi connectivity index (χ2v) is 5.86. The van der Waals surface area contributed by atoms with E-state index in [0.29, 0.717) is 5.25 Å². The molecule has 1 heterocycles. The number of benzene rings is 1. The van der Waals surface area contributed by atoms with Gasteiger partial charge in [0, 0.05) is 5.25 Å². The van der Waals surface area contributed by atoms with Gasteiger partial charge in [0.15, 0.2) is 0 Å². The zero-order valence-electron chi connectivity index (χ0n) is 9.03. The summed E-state index contributed by atoms with van der Waals surface area (Å²) in [6.45, 7) is 4.31. The smallest absolute Gasteiger partial charge is 0.0751 e. The molecule has 15 heavy (non-hydrogen) atoms. The van der Waals surface area contributed by atoms with Crippen molar-refractivity contribution in [3.63, 3.8) is 0 Å². The van der Waals surface area contributed by atoms with E-state index in [4.69, 9.17) is 0 Å². The molecule has 1 fully saturated rings. The summed E-state index contributed by atoms with van der Waals surface area (Å²) in [5.41, 5.74) is 4.18. The Kier molecular flexibility index (Phi) is 1.87. The minimum atomic E-state index is 0.271. The van der Waals surface area contributed by atoms with Crippen molar-refractivity contribution in [2.75, 3.05) is 0 Å². The first-order valence-corrected chi connectivity index (χ1v) is 6.21. The van der Waals surface area contributed by atoms with Gasteiger partial charge >= 0.3 is 0 Å². The average molecular weight is 214 g/mol. The third-order valence-electron chi connectivity index (χ3n) is 3.20. The van der Waals surface area contributed by atoms with Crippen LogP contribution < -0.4 is 0 Å². The molecule has 0 N–H and O–H groups in total. The van der Waals surface area contributed by atoms with Crippen LogP contribution in [0.1, 0.15) is 18.1 Å². The van der Waals surface area contributed by atoms with Crippen LogP contribution in [0.3, 0.4) is 0 Å². The van der Waals surface area contributed by atoms with Gasteiger partial charge in [0.25, 0.3) is 0 Å². The van der Waals surface area contributed by atoms with Crippen LogP contribution in [0.4, 0.5) is 0 Å². The molecule has 1 heteroatoms. The summed E-state index contributed by atoms with van der Waals surface area (Å²) in [5.74, 6) is 0. The molecule has 0 spiro atoms. The number of hydrogen-bond acceptors (Lipinski definition) is 1. The lowest BCUT2D eigenvalue weighted by Gasteiger charge is -2.13. The maximum Gasteiger partial charge on any atom is 0.0751 e. The van der Waals surface area contributed by atoms with Crippen molar-refractivity contribution in [1.29, 1.82) is 0 Å². The van der Waals surface area contributed by atoms with E-state index in [1.54, 1.807) is 0 Å². The Labute approximate surface area is 95.1 Å². The van der Waals surface area contributed by atoms with Crippen molar-refractivity contribution in [1.82, 2.24) is 0 Å². The molecule has 2 aliphatic rings. The minimum absolute atomic E-state index is 0.271. The van der Waals surface area contributed by atoms with E-state index in [1.165, 1.54) is 16.7 Å². The number of hydrogen-bond donors (Lipinski definition) is 0. The molecule has 1 aromatic carbocycles. The summed E-state index contributed by atoms with van der Waals surface area (Å²) in [6, 6.07) is 8.94. The molecule has 0 bridgehead atoms. The predicted molar refractivity (Wildman–Crippen MR) is 67.1 cm³/mol. The first kappa shape index (κ1) is 9.29. The third-order valence-corrected chi connectivity index (χ3v) is 4.72. The molecule has 0 aromatic heterocycles. The van der Waals surface area contributed by atoms with Crippen molar-refractivity contribution in [3.05, 3.63) is 59.2 Å². The summed E-state index contributed by atoms with van der Waals surface area (Å²) >= 11 is 2.05. The molecule has 3 rings (SSSR count). The number of rotatable bonds is 1. The van der Waals surface area contributed by atoms with E-state index in [0.717, 1.165) is 0 Å². The molecular weight excluding hydrogens is 200 g/mol. The van der Waals surface area contributed by atoms with Crippen LogP contribution in [0.2, 0.25) is 0 Å². The fourth-order valence-corrected chi connectivity index (χ4v) is 3.50. The van der Waals surface area contributed by atoms with Gasteiger partial charge in [-0.25, -0.2) is 0 Å². The molecule has 2 atom stereocenters. The van der Waals surface area contributed by atoms with Crippen molar-refractivity contribution >= 4 is 11.8 Å². The van der Waals surface area contributed by atoms with Crippen LogP contribution in [0, 0.1) is 6.92 Å². The largest absolute Gasteiger partial charge is 0.135 e. The number of allylic oxidation sites excluding steroid dienone is 2. The summed E-state index contributed by atoms with van der Waals surface area (Å²) in [7, 11) is 0. The lowest BCUT2D eigenvalue weighted by atomic mass is 9.90. The molecule has 0 saturated carbocycles. The maximum atomic E-state index is 2.38. The summed E-state index contributed by atoms with van der Waals surface area (Å²) in [6.07, 6.45) is 6.99. The van der Waals surface area contributed by atoms with E-state index < -0.39 is 0 Å². The van der Waals surface area contributed by atoms with Gasteiger partial charge in [-0.15, -0.1) is 11.8 Å². The molecule has 1 aliphatic carbocycles. The Hall–Kier alpha value is -0.950. The van der Waals surface area contributed by atoms with E-state index in [9.17, 15) is 0 Å². The molecule has 0 radical (unpaired) electrons. The topological polar surface area (TPSA) is 0 Å². The molecule has 1 saturated heterocycles. The predicted octanol–water partition coefficient (Wildman–Crippen LogP) is 3.82. The van der Waals surface area contributed by atoms with Crippen molar-refractivity contribution in [2.45, 2.75) is 23.8 Å². The number of fused-ring (bicyclic) bond motifs is 1. The van der Waals surface area contributed by atoms with Crippen LogP contribution in [-0.2, 0) is 4.75 Å². The lowest BCUT2D eigenvalue weighted by Crippen LogP contribution is -2.10. The van der Waals surface area contributed by atoms with Gasteiger partial charge in [-0.1, -0.05) is 53.6 Å². The normalized spacial score (nSPS) is 32.1. The van der Waals surface area contributed by atoms with Crippen molar-refractivity contribution in [2.24, 2.45) is 0 Å².